The van der Waals surface area contributed by atoms with Crippen LogP contribution in [-0.2, 0) is 13.1 Å². The van der Waals surface area contributed by atoms with Gasteiger partial charge in [0.2, 0.25) is 5.89 Å². The molecule has 1 amide bonds. The van der Waals surface area contributed by atoms with Crippen molar-refractivity contribution < 1.29 is 22.7 Å². The van der Waals surface area contributed by atoms with Crippen molar-refractivity contribution in [2.45, 2.75) is 20.0 Å². The van der Waals surface area contributed by atoms with E-state index in [1.54, 1.807) is 24.3 Å². The molecule has 0 aliphatic carbocycles. The summed E-state index contributed by atoms with van der Waals surface area (Å²) in [7, 11) is 1.53. The maximum Gasteiger partial charge on any atom is 0.254 e. The number of carbonyl (C=O) groups excluding carboxylic acids is 1. The molecule has 7 heteroatoms. The molecule has 0 atom stereocenters. The standard InChI is InChI=1S/C24H20F2N2O3/c1-15-3-10-22-21(11-15)27-23(31-22)14-28(13-17-12-18(25)6-9-20(17)26)24(29)16-4-7-19(30-2)8-5-16/h3-12H,13-14H2,1-2H3. The van der Waals surface area contributed by atoms with Crippen LogP contribution < -0.4 is 4.74 Å². The number of rotatable bonds is 6. The van der Waals surface area contributed by atoms with Gasteiger partial charge >= 0.3 is 0 Å². The first-order valence-corrected chi connectivity index (χ1v) is 9.66. The van der Waals surface area contributed by atoms with Crippen molar-refractivity contribution in [2.24, 2.45) is 0 Å². The van der Waals surface area contributed by atoms with Crippen molar-refractivity contribution in [3.05, 3.63) is 94.9 Å². The number of carbonyl (C=O) groups is 1. The van der Waals surface area contributed by atoms with Crippen LogP contribution in [0.4, 0.5) is 8.78 Å². The Labute approximate surface area is 177 Å². The highest BCUT2D eigenvalue weighted by Gasteiger charge is 2.21. The van der Waals surface area contributed by atoms with E-state index in [2.05, 4.69) is 4.98 Å². The van der Waals surface area contributed by atoms with E-state index in [4.69, 9.17) is 9.15 Å². The monoisotopic (exact) mass is 422 g/mol. The number of hydrogen-bond donors (Lipinski definition) is 0. The fraction of sp³-hybridized carbons (Fsp3) is 0.167. The summed E-state index contributed by atoms with van der Waals surface area (Å²) in [5, 5.41) is 0. The van der Waals surface area contributed by atoms with Gasteiger partial charge in [0.15, 0.2) is 5.58 Å². The van der Waals surface area contributed by atoms with Crippen LogP contribution in [0.5, 0.6) is 5.75 Å². The fourth-order valence-electron chi connectivity index (χ4n) is 3.30. The van der Waals surface area contributed by atoms with Gasteiger partial charge in [-0.25, -0.2) is 13.8 Å². The van der Waals surface area contributed by atoms with Crippen LogP contribution in [0.15, 0.2) is 65.1 Å². The van der Waals surface area contributed by atoms with Crippen molar-refractivity contribution in [3.63, 3.8) is 0 Å². The van der Waals surface area contributed by atoms with Gasteiger partial charge in [0.05, 0.1) is 13.7 Å². The molecule has 0 unspecified atom stereocenters. The SMILES string of the molecule is COc1ccc(C(=O)N(Cc2nc3cc(C)ccc3o2)Cc2cc(F)ccc2F)cc1. The highest BCUT2D eigenvalue weighted by atomic mass is 19.1. The molecule has 0 radical (unpaired) electrons. The molecule has 4 aromatic rings. The largest absolute Gasteiger partial charge is 0.497 e. The lowest BCUT2D eigenvalue weighted by Gasteiger charge is -2.22. The van der Waals surface area contributed by atoms with Crippen molar-refractivity contribution in [1.82, 2.24) is 9.88 Å². The summed E-state index contributed by atoms with van der Waals surface area (Å²) < 4.78 is 38.9. The summed E-state index contributed by atoms with van der Waals surface area (Å²) in [5.74, 6) is -0.634. The molecule has 0 saturated carbocycles. The average Bonchev–Trinajstić information content (AvgIpc) is 3.16. The number of aromatic nitrogens is 1. The van der Waals surface area contributed by atoms with Gasteiger partial charge in [-0.05, 0) is 67.1 Å². The van der Waals surface area contributed by atoms with Gasteiger partial charge in [0.1, 0.15) is 22.9 Å². The number of oxazole rings is 1. The molecule has 1 heterocycles. The maximum atomic E-state index is 14.3. The quantitative estimate of drug-likeness (QED) is 0.425. The lowest BCUT2D eigenvalue weighted by Crippen LogP contribution is -2.30. The molecular formula is C24H20F2N2O3. The molecule has 31 heavy (non-hydrogen) atoms. The van der Waals surface area contributed by atoms with Gasteiger partial charge < -0.3 is 14.1 Å². The molecule has 0 aliphatic heterocycles. The first-order chi connectivity index (χ1) is 14.9. The number of methoxy groups -OCH3 is 1. The summed E-state index contributed by atoms with van der Waals surface area (Å²) in [6.07, 6.45) is 0. The van der Waals surface area contributed by atoms with Crippen LogP contribution in [0.25, 0.3) is 11.1 Å². The smallest absolute Gasteiger partial charge is 0.254 e. The Hall–Kier alpha value is -3.74. The molecule has 0 N–H and O–H groups in total. The number of amides is 1. The first-order valence-electron chi connectivity index (χ1n) is 9.66. The number of halogens is 2. The van der Waals surface area contributed by atoms with E-state index in [-0.39, 0.29) is 24.6 Å². The van der Waals surface area contributed by atoms with Crippen LogP contribution in [0, 0.1) is 18.6 Å². The van der Waals surface area contributed by atoms with E-state index in [0.717, 1.165) is 23.8 Å². The van der Waals surface area contributed by atoms with Crippen LogP contribution in [0.2, 0.25) is 0 Å². The summed E-state index contributed by atoms with van der Waals surface area (Å²) in [5.41, 5.74) is 2.73. The zero-order valence-electron chi connectivity index (χ0n) is 17.1. The molecule has 0 fully saturated rings. The minimum atomic E-state index is -0.595. The van der Waals surface area contributed by atoms with E-state index in [1.165, 1.54) is 12.0 Å². The molecule has 3 aromatic carbocycles. The average molecular weight is 422 g/mol. The number of fused-ring (bicyclic) bond motifs is 1. The molecule has 0 saturated heterocycles. The van der Waals surface area contributed by atoms with Gasteiger partial charge in [0, 0.05) is 17.7 Å². The van der Waals surface area contributed by atoms with Crippen molar-refractivity contribution in [3.8, 4) is 5.75 Å². The third-order valence-corrected chi connectivity index (χ3v) is 4.91. The summed E-state index contributed by atoms with van der Waals surface area (Å²) >= 11 is 0. The Morgan fingerprint density at radius 1 is 1.03 bits per heavy atom. The summed E-state index contributed by atoms with van der Waals surface area (Å²) in [6, 6.07) is 15.3. The minimum Gasteiger partial charge on any atom is -0.497 e. The molecule has 4 rings (SSSR count). The Morgan fingerprint density at radius 3 is 2.55 bits per heavy atom. The lowest BCUT2D eigenvalue weighted by molar-refractivity contribution is 0.0713. The highest BCUT2D eigenvalue weighted by Crippen LogP contribution is 2.22. The van der Waals surface area contributed by atoms with E-state index in [1.807, 2.05) is 25.1 Å². The molecular weight excluding hydrogens is 402 g/mol. The number of benzene rings is 3. The predicted molar refractivity (Wildman–Crippen MR) is 112 cm³/mol. The topological polar surface area (TPSA) is 55.6 Å². The highest BCUT2D eigenvalue weighted by molar-refractivity contribution is 5.94. The second-order valence-corrected chi connectivity index (χ2v) is 7.20. The molecule has 0 spiro atoms. The summed E-state index contributed by atoms with van der Waals surface area (Å²) in [4.78, 5) is 19.0. The van der Waals surface area contributed by atoms with Gasteiger partial charge in [-0.1, -0.05) is 6.07 Å². The molecule has 5 nitrogen and oxygen atoms in total. The minimum absolute atomic E-state index is 0.00541. The van der Waals surface area contributed by atoms with E-state index in [9.17, 15) is 13.6 Å². The molecule has 1 aromatic heterocycles. The predicted octanol–water partition coefficient (Wildman–Crippen LogP) is 5.27. The number of aryl methyl sites for hydroxylation is 1. The third-order valence-electron chi connectivity index (χ3n) is 4.91. The van der Waals surface area contributed by atoms with Gasteiger partial charge in [0.25, 0.3) is 5.91 Å². The second kappa shape index (κ2) is 8.55. The van der Waals surface area contributed by atoms with Crippen molar-refractivity contribution >= 4 is 17.0 Å². The second-order valence-electron chi connectivity index (χ2n) is 7.20. The Morgan fingerprint density at radius 2 is 1.81 bits per heavy atom. The van der Waals surface area contributed by atoms with Gasteiger partial charge in [-0.2, -0.15) is 0 Å². The normalized spacial score (nSPS) is 11.0. The van der Waals surface area contributed by atoms with Crippen molar-refractivity contribution in [2.75, 3.05) is 7.11 Å². The van der Waals surface area contributed by atoms with Crippen LogP contribution >= 0.6 is 0 Å². The first kappa shape index (κ1) is 20.5. The number of hydrogen-bond acceptors (Lipinski definition) is 4. The number of nitrogens with zero attached hydrogens (tertiary/aromatic N) is 2. The summed E-state index contributed by atoms with van der Waals surface area (Å²) in [6.45, 7) is 1.79. The lowest BCUT2D eigenvalue weighted by atomic mass is 10.1. The zero-order chi connectivity index (χ0) is 22.0. The molecule has 158 valence electrons. The van der Waals surface area contributed by atoms with Gasteiger partial charge in [-0.3, -0.25) is 4.79 Å². The Bertz CT molecular complexity index is 1240. The fourth-order valence-corrected chi connectivity index (χ4v) is 3.30. The van der Waals surface area contributed by atoms with E-state index >= 15 is 0 Å². The van der Waals surface area contributed by atoms with Crippen LogP contribution in [0.1, 0.15) is 27.4 Å². The third kappa shape index (κ3) is 4.55. The Balaban J connectivity index is 1.67. The van der Waals surface area contributed by atoms with Crippen LogP contribution in [-0.4, -0.2) is 22.9 Å². The van der Waals surface area contributed by atoms with Crippen molar-refractivity contribution in [1.29, 1.82) is 0 Å². The number of ether oxygens (including phenoxy) is 1. The molecule has 0 bridgehead atoms. The zero-order valence-corrected chi connectivity index (χ0v) is 17.1. The Kier molecular flexibility index (Phi) is 5.66. The maximum absolute atomic E-state index is 14.3. The molecule has 0 aliphatic rings. The van der Waals surface area contributed by atoms with Gasteiger partial charge in [-0.15, -0.1) is 0 Å². The van der Waals surface area contributed by atoms with Crippen LogP contribution in [0.3, 0.4) is 0 Å². The van der Waals surface area contributed by atoms with E-state index in [0.29, 0.717) is 28.3 Å². The van der Waals surface area contributed by atoms with E-state index < -0.39 is 11.6 Å².